The summed E-state index contributed by atoms with van der Waals surface area (Å²) in [4.78, 5) is 19.1. The molecule has 4 atom stereocenters. The van der Waals surface area contributed by atoms with E-state index < -0.39 is 0 Å². The first-order chi connectivity index (χ1) is 20.2. The van der Waals surface area contributed by atoms with E-state index in [0.29, 0.717) is 28.5 Å². The number of fused-ring (bicyclic) bond motifs is 2. The Bertz CT molecular complexity index is 1330. The number of aryl methyl sites for hydroxylation is 1. The van der Waals surface area contributed by atoms with E-state index in [2.05, 4.69) is 16.8 Å². The minimum atomic E-state index is -0.175. The van der Waals surface area contributed by atoms with Crippen molar-refractivity contribution < 1.29 is 14.5 Å². The number of benzene rings is 1. The van der Waals surface area contributed by atoms with Crippen molar-refractivity contribution in [2.24, 2.45) is 23.7 Å². The van der Waals surface area contributed by atoms with Crippen molar-refractivity contribution in [1.82, 2.24) is 9.88 Å². The molecule has 0 radical (unpaired) electrons. The van der Waals surface area contributed by atoms with Gasteiger partial charge in [0.25, 0.3) is 5.56 Å². The lowest BCUT2D eigenvalue weighted by molar-refractivity contribution is -0.877. The molecule has 2 N–H and O–H groups in total. The van der Waals surface area contributed by atoms with Gasteiger partial charge in [0.1, 0.15) is 18.8 Å². The Labute approximate surface area is 259 Å². The van der Waals surface area contributed by atoms with Crippen LogP contribution in [0, 0.1) is 42.7 Å². The number of halogens is 1. The number of aromatic amines is 1. The van der Waals surface area contributed by atoms with Crippen molar-refractivity contribution in [1.29, 1.82) is 0 Å². The van der Waals surface area contributed by atoms with Crippen LogP contribution in [0.1, 0.15) is 66.5 Å². The van der Waals surface area contributed by atoms with Crippen LogP contribution in [0.2, 0.25) is 5.02 Å². The first kappa shape index (κ1) is 30.5. The SMILES string of the molecule is COC1CC2CN(C3CCC([C@H]4COc5c(Cl)cc(C[NH+]([O-])Cc6c(SC)cc(C)[nH]c6=O)c(C)c5C4)CC3)CC2C1. The summed E-state index contributed by atoms with van der Waals surface area (Å²) in [6, 6.07) is 4.56. The second-order valence-corrected chi connectivity index (χ2v) is 14.6. The topological polar surface area (TPSA) is 82.1 Å². The molecule has 7 nitrogen and oxygen atoms in total. The number of hydrogen-bond acceptors (Lipinski definition) is 6. The number of ether oxygens (including phenoxy) is 2. The van der Waals surface area contributed by atoms with Crippen LogP contribution in [0.4, 0.5) is 0 Å². The monoisotopic (exact) mass is 615 g/mol. The van der Waals surface area contributed by atoms with E-state index >= 15 is 0 Å². The number of nitrogens with zero attached hydrogens (tertiary/aromatic N) is 1. The van der Waals surface area contributed by atoms with Gasteiger partial charge in [-0.15, -0.1) is 11.8 Å². The summed E-state index contributed by atoms with van der Waals surface area (Å²) in [5, 5.41) is 13.8. The van der Waals surface area contributed by atoms with Gasteiger partial charge in [-0.3, -0.25) is 9.69 Å². The van der Waals surface area contributed by atoms with Crippen LogP contribution in [0.3, 0.4) is 0 Å². The van der Waals surface area contributed by atoms with E-state index in [1.54, 1.807) is 0 Å². The van der Waals surface area contributed by atoms with Crippen molar-refractivity contribution in [2.75, 3.05) is 33.1 Å². The van der Waals surface area contributed by atoms with Gasteiger partial charge in [0.05, 0.1) is 23.3 Å². The molecule has 0 amide bonds. The summed E-state index contributed by atoms with van der Waals surface area (Å²) in [6.07, 6.45) is 10.9. The highest BCUT2D eigenvalue weighted by Gasteiger charge is 2.44. The van der Waals surface area contributed by atoms with E-state index in [-0.39, 0.29) is 23.7 Å². The standard InChI is InChI=1S/C33H46ClN3O4S/c1-19-9-31(42-4)29(33(38)35-19)17-37(39)16-22-13-30(34)32-28(20(22)2)12-25(18-41-32)21-5-7-26(8-6-21)36-14-23-10-27(40-3)11-24(23)15-36/h9,13,21,23-27,37H,5-8,10-12,14-18H2,1-4H3,(H,35,38)/t21?,23?,24?,25-,26?,27?/m1/s1. The van der Waals surface area contributed by atoms with Crippen LogP contribution in [0.15, 0.2) is 21.8 Å². The Morgan fingerprint density at radius 1 is 1.10 bits per heavy atom. The van der Waals surface area contributed by atoms with Crippen LogP contribution in [0.5, 0.6) is 5.75 Å². The number of rotatable bonds is 8. The lowest BCUT2D eigenvalue weighted by atomic mass is 9.74. The van der Waals surface area contributed by atoms with Crippen molar-refractivity contribution in [3.63, 3.8) is 0 Å². The van der Waals surface area contributed by atoms with Crippen LogP contribution >= 0.6 is 23.4 Å². The molecule has 4 aliphatic rings. The predicted octanol–water partition coefficient (Wildman–Crippen LogP) is 4.92. The number of quaternary nitrogens is 1. The van der Waals surface area contributed by atoms with Gasteiger partial charge in [-0.05, 0) is 112 Å². The summed E-state index contributed by atoms with van der Waals surface area (Å²) < 4.78 is 12.0. The largest absolute Gasteiger partial charge is 0.634 e. The van der Waals surface area contributed by atoms with Gasteiger partial charge in [0, 0.05) is 42.4 Å². The molecule has 230 valence electrons. The lowest BCUT2D eigenvalue weighted by Gasteiger charge is -2.40. The van der Waals surface area contributed by atoms with Crippen LogP contribution < -0.4 is 15.4 Å². The fraction of sp³-hybridized carbons (Fsp3) is 0.667. The highest BCUT2D eigenvalue weighted by Crippen LogP contribution is 2.45. The number of aromatic nitrogens is 1. The summed E-state index contributed by atoms with van der Waals surface area (Å²) in [7, 11) is 1.87. The number of H-pyrrole nitrogens is 1. The Morgan fingerprint density at radius 3 is 2.48 bits per heavy atom. The molecule has 1 aromatic carbocycles. The first-order valence-electron chi connectivity index (χ1n) is 15.7. The highest BCUT2D eigenvalue weighted by atomic mass is 35.5. The Hall–Kier alpha value is -1.55. The molecule has 3 unspecified atom stereocenters. The van der Waals surface area contributed by atoms with E-state index in [4.69, 9.17) is 21.1 Å². The molecule has 2 saturated carbocycles. The molecule has 1 saturated heterocycles. The van der Waals surface area contributed by atoms with Gasteiger partial charge in [-0.1, -0.05) is 11.6 Å². The minimum Gasteiger partial charge on any atom is -0.634 e. The fourth-order valence-corrected chi connectivity index (χ4v) is 9.46. The maximum absolute atomic E-state index is 13.2. The van der Waals surface area contributed by atoms with E-state index in [1.165, 1.54) is 68.9 Å². The molecule has 9 heteroatoms. The van der Waals surface area contributed by atoms with Crippen molar-refractivity contribution in [3.05, 3.63) is 60.7 Å². The quantitative estimate of drug-likeness (QED) is 0.324. The third-order valence-corrected chi connectivity index (χ3v) is 11.9. The fourth-order valence-electron chi connectivity index (χ4n) is 8.45. The normalized spacial score (nSPS) is 30.1. The zero-order valence-electron chi connectivity index (χ0n) is 25.5. The van der Waals surface area contributed by atoms with Gasteiger partial charge in [-0.25, -0.2) is 0 Å². The van der Waals surface area contributed by atoms with Crippen molar-refractivity contribution in [2.45, 2.75) is 88.9 Å². The number of methoxy groups -OCH3 is 1. The average molecular weight is 616 g/mol. The molecule has 3 fully saturated rings. The number of nitrogens with one attached hydrogen (secondary N) is 2. The number of likely N-dealkylation sites (tertiary alicyclic amines) is 1. The second-order valence-electron chi connectivity index (χ2n) is 13.3. The molecular weight excluding hydrogens is 570 g/mol. The Kier molecular flexibility index (Phi) is 9.30. The smallest absolute Gasteiger partial charge is 0.258 e. The van der Waals surface area contributed by atoms with Crippen LogP contribution in [-0.4, -0.2) is 55.1 Å². The zero-order valence-corrected chi connectivity index (χ0v) is 27.0. The maximum atomic E-state index is 13.2. The molecule has 2 aromatic rings. The predicted molar refractivity (Wildman–Crippen MR) is 169 cm³/mol. The molecular formula is C33H46ClN3O4S. The first-order valence-corrected chi connectivity index (χ1v) is 17.3. The molecule has 0 bridgehead atoms. The van der Waals surface area contributed by atoms with Gasteiger partial charge < -0.3 is 24.7 Å². The maximum Gasteiger partial charge on any atom is 0.258 e. The van der Waals surface area contributed by atoms with Gasteiger partial charge in [0.2, 0.25) is 0 Å². The number of hydroxylamine groups is 2. The number of thioether (sulfide) groups is 1. The van der Waals surface area contributed by atoms with Gasteiger partial charge in [0.15, 0.2) is 0 Å². The number of hydrogen-bond donors (Lipinski definition) is 2. The van der Waals surface area contributed by atoms with E-state index in [1.807, 2.05) is 32.4 Å². The van der Waals surface area contributed by atoms with Gasteiger partial charge >= 0.3 is 0 Å². The molecule has 3 heterocycles. The summed E-state index contributed by atoms with van der Waals surface area (Å²) in [5.74, 6) is 3.60. The average Bonchev–Trinajstić information content (AvgIpc) is 3.56. The molecule has 42 heavy (non-hydrogen) atoms. The number of pyridine rings is 1. The van der Waals surface area contributed by atoms with Crippen LogP contribution in [-0.2, 0) is 24.2 Å². The molecule has 2 aliphatic heterocycles. The van der Waals surface area contributed by atoms with Crippen molar-refractivity contribution in [3.8, 4) is 5.75 Å². The summed E-state index contributed by atoms with van der Waals surface area (Å²) >= 11 is 8.23. The molecule has 2 aliphatic carbocycles. The summed E-state index contributed by atoms with van der Waals surface area (Å²) in [6.45, 7) is 7.59. The molecule has 0 spiro atoms. The second kappa shape index (κ2) is 12.8. The minimum absolute atomic E-state index is 0.0224. The highest BCUT2D eigenvalue weighted by molar-refractivity contribution is 7.98. The zero-order chi connectivity index (χ0) is 29.5. The summed E-state index contributed by atoms with van der Waals surface area (Å²) in [5.41, 5.74) is 4.41. The van der Waals surface area contributed by atoms with E-state index in [0.717, 1.165) is 58.4 Å². The molecule has 6 rings (SSSR count). The molecule has 1 aromatic heterocycles. The Morgan fingerprint density at radius 2 is 1.81 bits per heavy atom. The Balaban J connectivity index is 1.08. The van der Waals surface area contributed by atoms with E-state index in [9.17, 15) is 10.0 Å². The van der Waals surface area contributed by atoms with Crippen LogP contribution in [0.25, 0.3) is 0 Å². The van der Waals surface area contributed by atoms with Gasteiger partial charge in [-0.2, -0.15) is 0 Å². The third kappa shape index (κ3) is 6.18. The lowest BCUT2D eigenvalue weighted by Crippen LogP contribution is -3.04. The third-order valence-electron chi connectivity index (χ3n) is 10.8. The van der Waals surface area contributed by atoms with Crippen molar-refractivity contribution >= 4 is 23.4 Å².